The van der Waals surface area contributed by atoms with Crippen LogP contribution in [0.1, 0.15) is 19.8 Å². The Hall–Kier alpha value is -0.120. The molecular weight excluding hydrogens is 140 g/mol. The van der Waals surface area contributed by atoms with E-state index in [9.17, 15) is 0 Å². The Labute approximate surface area is 68.3 Å². The number of nitrogens with one attached hydrogen (secondary N) is 1. The zero-order valence-corrected chi connectivity index (χ0v) is 7.23. The van der Waals surface area contributed by atoms with Crippen molar-refractivity contribution in [1.82, 2.24) is 5.32 Å². The fourth-order valence-corrected chi connectivity index (χ4v) is 1.41. The van der Waals surface area contributed by atoms with Gasteiger partial charge in [0.15, 0.2) is 0 Å². The molecule has 1 aliphatic heterocycles. The van der Waals surface area contributed by atoms with Gasteiger partial charge in [-0.25, -0.2) is 0 Å². The van der Waals surface area contributed by atoms with Crippen molar-refractivity contribution >= 4 is 0 Å². The van der Waals surface area contributed by atoms with Crippen molar-refractivity contribution in [1.29, 1.82) is 0 Å². The molecule has 0 aromatic heterocycles. The maximum atomic E-state index is 5.65. The van der Waals surface area contributed by atoms with Crippen molar-refractivity contribution in [3.05, 3.63) is 0 Å². The molecule has 0 bridgehead atoms. The molecule has 0 spiro atoms. The van der Waals surface area contributed by atoms with Gasteiger partial charge in [-0.2, -0.15) is 0 Å². The first-order valence-electron chi connectivity index (χ1n) is 4.32. The average Bonchev–Trinajstić information content (AvgIpc) is 2.03. The van der Waals surface area contributed by atoms with Crippen molar-refractivity contribution in [2.24, 2.45) is 5.73 Å². The zero-order valence-electron chi connectivity index (χ0n) is 7.23. The summed E-state index contributed by atoms with van der Waals surface area (Å²) in [6.07, 6.45) is 2.12. The van der Waals surface area contributed by atoms with Crippen LogP contribution >= 0.6 is 0 Å². The highest BCUT2D eigenvalue weighted by Gasteiger charge is 2.26. The molecule has 0 aromatic rings. The third-order valence-electron chi connectivity index (χ3n) is 2.14. The quantitative estimate of drug-likeness (QED) is 0.612. The Morgan fingerprint density at radius 3 is 3.00 bits per heavy atom. The molecule has 0 saturated carbocycles. The molecule has 3 N–H and O–H groups in total. The molecule has 11 heavy (non-hydrogen) atoms. The lowest BCUT2D eigenvalue weighted by atomic mass is 9.99. The third-order valence-corrected chi connectivity index (χ3v) is 2.14. The van der Waals surface area contributed by atoms with Crippen molar-refractivity contribution in [2.75, 3.05) is 26.2 Å². The van der Waals surface area contributed by atoms with Crippen molar-refractivity contribution < 1.29 is 4.74 Å². The number of rotatable bonds is 3. The summed E-state index contributed by atoms with van der Waals surface area (Å²) in [5, 5.41) is 3.32. The summed E-state index contributed by atoms with van der Waals surface area (Å²) < 4.78 is 5.65. The molecule has 1 heterocycles. The molecule has 1 atom stereocenters. The topological polar surface area (TPSA) is 47.3 Å². The predicted octanol–water partition coefficient (Wildman–Crippen LogP) is 0.104. The Morgan fingerprint density at radius 1 is 1.64 bits per heavy atom. The zero-order chi connectivity index (χ0) is 8.16. The van der Waals surface area contributed by atoms with Crippen LogP contribution in [0.2, 0.25) is 0 Å². The molecule has 1 aliphatic rings. The van der Waals surface area contributed by atoms with Gasteiger partial charge in [0, 0.05) is 13.1 Å². The minimum Gasteiger partial charge on any atom is -0.373 e. The first kappa shape index (κ1) is 8.97. The number of morpholine rings is 1. The monoisotopic (exact) mass is 158 g/mol. The fourth-order valence-electron chi connectivity index (χ4n) is 1.41. The molecule has 0 aliphatic carbocycles. The summed E-state index contributed by atoms with van der Waals surface area (Å²) in [5.74, 6) is 0. The van der Waals surface area contributed by atoms with Crippen molar-refractivity contribution in [2.45, 2.75) is 25.4 Å². The normalized spacial score (nSPS) is 32.2. The highest BCUT2D eigenvalue weighted by molar-refractivity contribution is 4.81. The second-order valence-electron chi connectivity index (χ2n) is 3.37. The Balaban J connectivity index is 2.25. The van der Waals surface area contributed by atoms with E-state index in [2.05, 4.69) is 12.2 Å². The largest absolute Gasteiger partial charge is 0.373 e. The summed E-state index contributed by atoms with van der Waals surface area (Å²) in [6, 6.07) is 0. The van der Waals surface area contributed by atoms with E-state index >= 15 is 0 Å². The first-order valence-corrected chi connectivity index (χ1v) is 4.32. The van der Waals surface area contributed by atoms with Gasteiger partial charge in [-0.1, -0.05) is 0 Å². The molecule has 3 nitrogen and oxygen atoms in total. The predicted molar refractivity (Wildman–Crippen MR) is 45.5 cm³/mol. The van der Waals surface area contributed by atoms with Gasteiger partial charge in [0.25, 0.3) is 0 Å². The summed E-state index contributed by atoms with van der Waals surface area (Å²) in [4.78, 5) is 0. The van der Waals surface area contributed by atoms with Crippen LogP contribution in [0.4, 0.5) is 0 Å². The van der Waals surface area contributed by atoms with E-state index in [1.807, 2.05) is 0 Å². The lowest BCUT2D eigenvalue weighted by Gasteiger charge is -2.34. The molecule has 1 unspecified atom stereocenters. The SMILES string of the molecule is CC1(CCCN)CNCCO1. The summed E-state index contributed by atoms with van der Waals surface area (Å²) in [7, 11) is 0. The van der Waals surface area contributed by atoms with Gasteiger partial charge in [0.05, 0.1) is 12.2 Å². The van der Waals surface area contributed by atoms with E-state index < -0.39 is 0 Å². The maximum Gasteiger partial charge on any atom is 0.0779 e. The van der Waals surface area contributed by atoms with Crippen LogP contribution in [-0.4, -0.2) is 31.8 Å². The van der Waals surface area contributed by atoms with Gasteiger partial charge < -0.3 is 15.8 Å². The number of hydrogen-bond acceptors (Lipinski definition) is 3. The molecule has 0 radical (unpaired) electrons. The van der Waals surface area contributed by atoms with Crippen LogP contribution in [0.5, 0.6) is 0 Å². The molecular formula is C8H18N2O. The number of hydrogen-bond donors (Lipinski definition) is 2. The lowest BCUT2D eigenvalue weighted by Crippen LogP contribution is -2.47. The Morgan fingerprint density at radius 2 is 2.45 bits per heavy atom. The number of ether oxygens (including phenoxy) is 1. The fraction of sp³-hybridized carbons (Fsp3) is 1.00. The Kier molecular flexibility index (Phi) is 3.30. The molecule has 1 fully saturated rings. The molecule has 3 heteroatoms. The van der Waals surface area contributed by atoms with Gasteiger partial charge in [-0.05, 0) is 26.3 Å². The maximum absolute atomic E-state index is 5.65. The van der Waals surface area contributed by atoms with E-state index in [1.54, 1.807) is 0 Å². The van der Waals surface area contributed by atoms with Gasteiger partial charge in [0.2, 0.25) is 0 Å². The van der Waals surface area contributed by atoms with Crippen molar-refractivity contribution in [3.63, 3.8) is 0 Å². The van der Waals surface area contributed by atoms with Crippen LogP contribution in [-0.2, 0) is 4.74 Å². The van der Waals surface area contributed by atoms with Gasteiger partial charge in [-0.15, -0.1) is 0 Å². The van der Waals surface area contributed by atoms with Gasteiger partial charge in [0.1, 0.15) is 0 Å². The smallest absolute Gasteiger partial charge is 0.0779 e. The number of nitrogens with two attached hydrogens (primary N) is 1. The van der Waals surface area contributed by atoms with Crippen LogP contribution in [0.15, 0.2) is 0 Å². The second kappa shape index (κ2) is 4.04. The van der Waals surface area contributed by atoms with Gasteiger partial charge >= 0.3 is 0 Å². The summed E-state index contributed by atoms with van der Waals surface area (Å²) in [5.41, 5.74) is 5.47. The molecule has 1 rings (SSSR count). The van der Waals surface area contributed by atoms with E-state index in [-0.39, 0.29) is 5.60 Å². The minimum atomic E-state index is 0.0393. The van der Waals surface area contributed by atoms with Crippen LogP contribution in [0.25, 0.3) is 0 Å². The Bertz CT molecular complexity index is 111. The summed E-state index contributed by atoms with van der Waals surface area (Å²) in [6.45, 7) is 5.69. The lowest BCUT2D eigenvalue weighted by molar-refractivity contribution is -0.0582. The standard InChI is InChI=1S/C8H18N2O/c1-8(3-2-4-9)7-10-5-6-11-8/h10H,2-7,9H2,1H3. The van der Waals surface area contributed by atoms with Crippen molar-refractivity contribution in [3.8, 4) is 0 Å². The molecule has 1 saturated heterocycles. The molecule has 0 aromatic carbocycles. The van der Waals surface area contributed by atoms with E-state index in [0.29, 0.717) is 0 Å². The van der Waals surface area contributed by atoms with Gasteiger partial charge in [-0.3, -0.25) is 0 Å². The average molecular weight is 158 g/mol. The minimum absolute atomic E-state index is 0.0393. The van der Waals surface area contributed by atoms with E-state index in [1.165, 1.54) is 0 Å². The second-order valence-corrected chi connectivity index (χ2v) is 3.37. The van der Waals surface area contributed by atoms with Crippen LogP contribution in [0.3, 0.4) is 0 Å². The van der Waals surface area contributed by atoms with Crippen LogP contribution in [0, 0.1) is 0 Å². The van der Waals surface area contributed by atoms with Crippen LogP contribution < -0.4 is 11.1 Å². The van der Waals surface area contributed by atoms with E-state index in [0.717, 1.165) is 39.1 Å². The highest BCUT2D eigenvalue weighted by Crippen LogP contribution is 2.18. The third kappa shape index (κ3) is 2.77. The highest BCUT2D eigenvalue weighted by atomic mass is 16.5. The molecule has 0 amide bonds. The summed E-state index contributed by atoms with van der Waals surface area (Å²) >= 11 is 0. The first-order chi connectivity index (χ1) is 5.27. The van der Waals surface area contributed by atoms with E-state index in [4.69, 9.17) is 10.5 Å². The molecule has 66 valence electrons.